The fraction of sp³-hybridized carbons (Fsp3) is 0.500. The number of ether oxygens (including phenoxy) is 2. The highest BCUT2D eigenvalue weighted by molar-refractivity contribution is 5.92. The van der Waals surface area contributed by atoms with E-state index in [4.69, 9.17) is 9.47 Å². The summed E-state index contributed by atoms with van der Waals surface area (Å²) in [6.07, 6.45) is 2.96. The van der Waals surface area contributed by atoms with Crippen LogP contribution in [0.1, 0.15) is 36.5 Å². The zero-order chi connectivity index (χ0) is 17.7. The van der Waals surface area contributed by atoms with Crippen LogP contribution in [0, 0.1) is 10.1 Å². The summed E-state index contributed by atoms with van der Waals surface area (Å²) in [6.45, 7) is 2.25. The number of likely N-dealkylation sites (tertiary alicyclic amines) is 1. The Morgan fingerprint density at radius 2 is 2.12 bits per heavy atom. The quantitative estimate of drug-likeness (QED) is 0.464. The fourth-order valence-corrected chi connectivity index (χ4v) is 2.72. The number of methoxy groups -OCH3 is 1. The van der Waals surface area contributed by atoms with E-state index in [1.165, 1.54) is 19.2 Å². The standard InChI is InChI=1S/C16H20N2O6/c1-11-5-3-4-8-17(11)15(19)10-24-16(20)12-6-7-14(23-2)13(9-12)18(21)22/h6-7,9,11H,3-5,8,10H2,1-2H3/t11-/m1/s1. The maximum Gasteiger partial charge on any atom is 0.338 e. The minimum atomic E-state index is -0.779. The van der Waals surface area contributed by atoms with E-state index >= 15 is 0 Å². The van der Waals surface area contributed by atoms with Gasteiger partial charge in [-0.15, -0.1) is 0 Å². The third-order valence-corrected chi connectivity index (χ3v) is 4.06. The van der Waals surface area contributed by atoms with Gasteiger partial charge in [-0.2, -0.15) is 0 Å². The highest BCUT2D eigenvalue weighted by Gasteiger charge is 2.25. The summed E-state index contributed by atoms with van der Waals surface area (Å²) in [5.41, 5.74) is -0.329. The van der Waals surface area contributed by atoms with Gasteiger partial charge in [0.25, 0.3) is 5.91 Å². The third kappa shape index (κ3) is 4.01. The Balaban J connectivity index is 2.01. The second-order valence-electron chi connectivity index (χ2n) is 5.65. The van der Waals surface area contributed by atoms with E-state index in [0.717, 1.165) is 25.3 Å². The van der Waals surface area contributed by atoms with E-state index < -0.39 is 10.9 Å². The van der Waals surface area contributed by atoms with Crippen molar-refractivity contribution in [2.75, 3.05) is 20.3 Å². The van der Waals surface area contributed by atoms with Crippen molar-refractivity contribution < 1.29 is 24.0 Å². The molecule has 0 saturated carbocycles. The van der Waals surface area contributed by atoms with Crippen LogP contribution in [-0.2, 0) is 9.53 Å². The average Bonchev–Trinajstić information content (AvgIpc) is 2.59. The largest absolute Gasteiger partial charge is 0.490 e. The lowest BCUT2D eigenvalue weighted by molar-refractivity contribution is -0.385. The Hall–Kier alpha value is -2.64. The van der Waals surface area contributed by atoms with Gasteiger partial charge < -0.3 is 14.4 Å². The monoisotopic (exact) mass is 336 g/mol. The minimum Gasteiger partial charge on any atom is -0.490 e. The van der Waals surface area contributed by atoms with Crippen LogP contribution in [-0.4, -0.2) is 48.0 Å². The highest BCUT2D eigenvalue weighted by Crippen LogP contribution is 2.27. The summed E-state index contributed by atoms with van der Waals surface area (Å²) in [4.78, 5) is 36.2. The second-order valence-corrected chi connectivity index (χ2v) is 5.65. The maximum absolute atomic E-state index is 12.1. The molecular formula is C16H20N2O6. The van der Waals surface area contributed by atoms with E-state index in [1.807, 2.05) is 6.92 Å². The Labute approximate surface area is 139 Å². The molecule has 0 bridgehead atoms. The zero-order valence-electron chi connectivity index (χ0n) is 13.7. The van der Waals surface area contributed by atoms with Gasteiger partial charge in [0.2, 0.25) is 0 Å². The summed E-state index contributed by atoms with van der Waals surface area (Å²) in [5, 5.41) is 11.0. The van der Waals surface area contributed by atoms with Crippen LogP contribution in [0.4, 0.5) is 5.69 Å². The van der Waals surface area contributed by atoms with Crippen LogP contribution in [0.2, 0.25) is 0 Å². The first-order valence-electron chi connectivity index (χ1n) is 7.73. The molecule has 1 heterocycles. The van der Waals surface area contributed by atoms with Crippen molar-refractivity contribution in [2.45, 2.75) is 32.2 Å². The number of esters is 1. The van der Waals surface area contributed by atoms with Crippen LogP contribution in [0.25, 0.3) is 0 Å². The van der Waals surface area contributed by atoms with Gasteiger partial charge in [-0.25, -0.2) is 4.79 Å². The molecule has 1 aromatic carbocycles. The Morgan fingerprint density at radius 3 is 2.75 bits per heavy atom. The molecule has 0 aliphatic carbocycles. The lowest BCUT2D eigenvalue weighted by Gasteiger charge is -2.33. The molecule has 0 spiro atoms. The molecule has 1 amide bonds. The van der Waals surface area contributed by atoms with Gasteiger partial charge in [0, 0.05) is 18.7 Å². The number of nitro benzene ring substituents is 1. The van der Waals surface area contributed by atoms with Crippen molar-refractivity contribution in [3.05, 3.63) is 33.9 Å². The molecule has 24 heavy (non-hydrogen) atoms. The number of nitro groups is 1. The van der Waals surface area contributed by atoms with Crippen LogP contribution in [0.15, 0.2) is 18.2 Å². The number of piperidine rings is 1. The normalized spacial score (nSPS) is 17.2. The predicted octanol–water partition coefficient (Wildman–Crippen LogP) is 2.16. The topological polar surface area (TPSA) is 99.0 Å². The van der Waals surface area contributed by atoms with Crippen molar-refractivity contribution in [2.24, 2.45) is 0 Å². The van der Waals surface area contributed by atoms with E-state index in [0.29, 0.717) is 6.54 Å². The Kier molecular flexibility index (Phi) is 5.73. The summed E-state index contributed by atoms with van der Waals surface area (Å²) >= 11 is 0. The fourth-order valence-electron chi connectivity index (χ4n) is 2.72. The van der Waals surface area contributed by atoms with Crippen molar-refractivity contribution in [3.8, 4) is 5.75 Å². The molecule has 0 radical (unpaired) electrons. The molecule has 1 aromatic rings. The lowest BCUT2D eigenvalue weighted by atomic mass is 10.0. The summed E-state index contributed by atoms with van der Waals surface area (Å²) in [7, 11) is 1.30. The predicted molar refractivity (Wildman–Crippen MR) is 85.0 cm³/mol. The highest BCUT2D eigenvalue weighted by atomic mass is 16.6. The van der Waals surface area contributed by atoms with Gasteiger partial charge in [-0.05, 0) is 38.3 Å². The van der Waals surface area contributed by atoms with Crippen LogP contribution in [0.3, 0.4) is 0 Å². The first kappa shape index (κ1) is 17.7. The summed E-state index contributed by atoms with van der Waals surface area (Å²) < 4.78 is 9.88. The van der Waals surface area contributed by atoms with Gasteiger partial charge in [0.15, 0.2) is 12.4 Å². The molecule has 1 aliphatic rings. The number of nitrogens with zero attached hydrogens (tertiary/aromatic N) is 2. The van der Waals surface area contributed by atoms with Crippen LogP contribution < -0.4 is 4.74 Å². The lowest BCUT2D eigenvalue weighted by Crippen LogP contribution is -2.44. The molecule has 1 saturated heterocycles. The molecular weight excluding hydrogens is 316 g/mol. The van der Waals surface area contributed by atoms with Gasteiger partial charge in [-0.1, -0.05) is 0 Å². The number of amides is 1. The van der Waals surface area contributed by atoms with Crippen molar-refractivity contribution in [1.82, 2.24) is 4.90 Å². The second kappa shape index (κ2) is 7.76. The number of hydrogen-bond donors (Lipinski definition) is 0. The van der Waals surface area contributed by atoms with Crippen LogP contribution >= 0.6 is 0 Å². The number of carbonyl (C=O) groups is 2. The number of benzene rings is 1. The maximum atomic E-state index is 12.1. The van der Waals surface area contributed by atoms with Gasteiger partial charge in [0.05, 0.1) is 17.6 Å². The molecule has 8 heteroatoms. The first-order chi connectivity index (χ1) is 11.4. The smallest absolute Gasteiger partial charge is 0.338 e. The van der Waals surface area contributed by atoms with Crippen LogP contribution in [0.5, 0.6) is 5.75 Å². The zero-order valence-corrected chi connectivity index (χ0v) is 13.7. The van der Waals surface area contributed by atoms with E-state index in [1.54, 1.807) is 4.90 Å². The first-order valence-corrected chi connectivity index (χ1v) is 7.73. The van der Waals surface area contributed by atoms with Gasteiger partial charge in [0.1, 0.15) is 0 Å². The molecule has 8 nitrogen and oxygen atoms in total. The molecule has 0 aromatic heterocycles. The number of rotatable bonds is 5. The molecule has 0 N–H and O–H groups in total. The molecule has 130 valence electrons. The van der Waals surface area contributed by atoms with E-state index in [-0.39, 0.29) is 35.6 Å². The average molecular weight is 336 g/mol. The molecule has 1 fully saturated rings. The Morgan fingerprint density at radius 1 is 1.38 bits per heavy atom. The third-order valence-electron chi connectivity index (χ3n) is 4.06. The van der Waals surface area contributed by atoms with E-state index in [9.17, 15) is 19.7 Å². The number of hydrogen-bond acceptors (Lipinski definition) is 6. The minimum absolute atomic E-state index is 0.00185. The van der Waals surface area contributed by atoms with Gasteiger partial charge in [-0.3, -0.25) is 14.9 Å². The van der Waals surface area contributed by atoms with Crippen molar-refractivity contribution >= 4 is 17.6 Å². The molecule has 2 rings (SSSR count). The van der Waals surface area contributed by atoms with Crippen molar-refractivity contribution in [3.63, 3.8) is 0 Å². The summed E-state index contributed by atoms with van der Waals surface area (Å²) in [6, 6.07) is 3.90. The molecule has 1 aliphatic heterocycles. The molecule has 1 atom stereocenters. The van der Waals surface area contributed by atoms with Crippen molar-refractivity contribution in [1.29, 1.82) is 0 Å². The number of carbonyl (C=O) groups excluding carboxylic acids is 2. The Bertz CT molecular complexity index is 645. The van der Waals surface area contributed by atoms with Gasteiger partial charge >= 0.3 is 11.7 Å². The molecule has 0 unspecified atom stereocenters. The SMILES string of the molecule is COc1ccc(C(=O)OCC(=O)N2CCCC[C@H]2C)cc1[N+](=O)[O-]. The van der Waals surface area contributed by atoms with E-state index in [2.05, 4.69) is 0 Å². The summed E-state index contributed by atoms with van der Waals surface area (Å²) in [5.74, 6) is -0.980.